The Bertz CT molecular complexity index is 449. The van der Waals surface area contributed by atoms with Crippen molar-refractivity contribution in [2.45, 2.75) is 38.1 Å². The lowest BCUT2D eigenvalue weighted by Crippen LogP contribution is -2.47. The lowest BCUT2D eigenvalue weighted by Gasteiger charge is -2.36. The second-order valence-corrected chi connectivity index (χ2v) is 6.02. The molecule has 1 aromatic rings. The van der Waals surface area contributed by atoms with Crippen LogP contribution in [0.2, 0.25) is 0 Å². The van der Waals surface area contributed by atoms with E-state index < -0.39 is 0 Å². The molecule has 0 saturated carbocycles. The topological polar surface area (TPSA) is 20.3 Å². The Balaban J connectivity index is 1.72. The van der Waals surface area contributed by atoms with Crippen LogP contribution in [0.5, 0.6) is 0 Å². The number of benzene rings is 1. The number of hydrogen-bond donors (Lipinski definition) is 0. The van der Waals surface area contributed by atoms with Gasteiger partial charge in [-0.2, -0.15) is 0 Å². The summed E-state index contributed by atoms with van der Waals surface area (Å²) in [6.07, 6.45) is 5.20. The van der Waals surface area contributed by atoms with Crippen LogP contribution in [0.3, 0.4) is 0 Å². The Morgan fingerprint density at radius 2 is 1.89 bits per heavy atom. The molecule has 19 heavy (non-hydrogen) atoms. The Morgan fingerprint density at radius 3 is 2.53 bits per heavy atom. The van der Waals surface area contributed by atoms with E-state index in [1.54, 1.807) is 0 Å². The van der Waals surface area contributed by atoms with Crippen LogP contribution in [0.1, 0.15) is 30.4 Å². The van der Waals surface area contributed by atoms with Crippen LogP contribution < -0.4 is 0 Å². The first kappa shape index (κ1) is 13.0. The molecule has 0 bridgehead atoms. The third kappa shape index (κ3) is 2.51. The zero-order valence-electron chi connectivity index (χ0n) is 11.1. The highest BCUT2D eigenvalue weighted by Gasteiger charge is 2.34. The molecule has 0 spiro atoms. The molecule has 1 atom stereocenters. The summed E-state index contributed by atoms with van der Waals surface area (Å²) in [6, 6.07) is 8.68. The number of amides is 1. The SMILES string of the molecule is O=C(C1Cc2ccccc2C1)N1CCCCC1CCl. The maximum atomic E-state index is 12.7. The molecule has 1 aliphatic carbocycles. The van der Waals surface area contributed by atoms with Gasteiger partial charge in [-0.15, -0.1) is 11.6 Å². The van der Waals surface area contributed by atoms with Crippen LogP contribution in [0.25, 0.3) is 0 Å². The molecule has 1 unspecified atom stereocenters. The van der Waals surface area contributed by atoms with Gasteiger partial charge in [0, 0.05) is 24.4 Å². The number of rotatable bonds is 2. The summed E-state index contributed by atoms with van der Waals surface area (Å²) < 4.78 is 0. The highest BCUT2D eigenvalue weighted by molar-refractivity contribution is 6.18. The van der Waals surface area contributed by atoms with Crippen LogP contribution in [0.4, 0.5) is 0 Å². The second kappa shape index (κ2) is 5.54. The number of alkyl halides is 1. The minimum atomic E-state index is 0.140. The van der Waals surface area contributed by atoms with Gasteiger partial charge in [-0.3, -0.25) is 4.79 Å². The van der Waals surface area contributed by atoms with Gasteiger partial charge in [-0.25, -0.2) is 0 Å². The number of carbonyl (C=O) groups excluding carboxylic acids is 1. The summed E-state index contributed by atoms with van der Waals surface area (Å²) >= 11 is 6.02. The molecule has 1 aromatic carbocycles. The van der Waals surface area contributed by atoms with Gasteiger partial charge in [0.05, 0.1) is 0 Å². The molecule has 3 heteroatoms. The maximum absolute atomic E-state index is 12.7. The van der Waals surface area contributed by atoms with Crippen molar-refractivity contribution in [3.8, 4) is 0 Å². The molecule has 3 rings (SSSR count). The van der Waals surface area contributed by atoms with E-state index in [1.807, 2.05) is 4.90 Å². The van der Waals surface area contributed by atoms with E-state index >= 15 is 0 Å². The van der Waals surface area contributed by atoms with Crippen molar-refractivity contribution in [3.63, 3.8) is 0 Å². The van der Waals surface area contributed by atoms with Gasteiger partial charge in [0.1, 0.15) is 0 Å². The normalized spacial score (nSPS) is 23.4. The number of halogens is 1. The maximum Gasteiger partial charge on any atom is 0.226 e. The number of nitrogens with zero attached hydrogens (tertiary/aromatic N) is 1. The average Bonchev–Trinajstić information content (AvgIpc) is 2.90. The lowest BCUT2D eigenvalue weighted by atomic mass is 9.98. The summed E-state index contributed by atoms with van der Waals surface area (Å²) in [5, 5.41) is 0. The van der Waals surface area contributed by atoms with E-state index in [-0.39, 0.29) is 12.0 Å². The van der Waals surface area contributed by atoms with Gasteiger partial charge in [-0.1, -0.05) is 24.3 Å². The van der Waals surface area contributed by atoms with E-state index in [0.29, 0.717) is 11.8 Å². The average molecular weight is 278 g/mol. The number of likely N-dealkylation sites (tertiary alicyclic amines) is 1. The Morgan fingerprint density at radius 1 is 1.21 bits per heavy atom. The number of hydrogen-bond acceptors (Lipinski definition) is 1. The summed E-state index contributed by atoms with van der Waals surface area (Å²) in [5.41, 5.74) is 2.69. The smallest absolute Gasteiger partial charge is 0.226 e. The highest BCUT2D eigenvalue weighted by Crippen LogP contribution is 2.30. The third-order valence-electron chi connectivity index (χ3n) is 4.49. The van der Waals surface area contributed by atoms with Crippen LogP contribution >= 0.6 is 11.6 Å². The summed E-state index contributed by atoms with van der Waals surface area (Å²) in [7, 11) is 0. The van der Waals surface area contributed by atoms with Gasteiger partial charge in [0.15, 0.2) is 0 Å². The standard InChI is InChI=1S/C16H20ClNO/c17-11-15-7-3-4-8-18(15)16(19)14-9-12-5-1-2-6-13(12)10-14/h1-2,5-6,14-15H,3-4,7-11H2. The van der Waals surface area contributed by atoms with Gasteiger partial charge in [-0.05, 0) is 43.2 Å². The van der Waals surface area contributed by atoms with Crippen molar-refractivity contribution >= 4 is 17.5 Å². The summed E-state index contributed by atoms with van der Waals surface area (Å²) in [5.74, 6) is 1.04. The van der Waals surface area contributed by atoms with Crippen molar-refractivity contribution in [1.29, 1.82) is 0 Å². The molecular weight excluding hydrogens is 258 g/mol. The number of piperidine rings is 1. The van der Waals surface area contributed by atoms with Crippen LogP contribution in [0.15, 0.2) is 24.3 Å². The molecule has 1 heterocycles. The summed E-state index contributed by atoms with van der Waals surface area (Å²) in [6.45, 7) is 0.892. The monoisotopic (exact) mass is 277 g/mol. The number of carbonyl (C=O) groups is 1. The van der Waals surface area contributed by atoms with Gasteiger partial charge in [0.25, 0.3) is 0 Å². The van der Waals surface area contributed by atoms with Crippen LogP contribution in [-0.4, -0.2) is 29.3 Å². The third-order valence-corrected chi connectivity index (χ3v) is 4.84. The van der Waals surface area contributed by atoms with Crippen LogP contribution in [-0.2, 0) is 17.6 Å². The van der Waals surface area contributed by atoms with E-state index in [2.05, 4.69) is 24.3 Å². The van der Waals surface area contributed by atoms with Crippen molar-refractivity contribution < 1.29 is 4.79 Å². The zero-order chi connectivity index (χ0) is 13.2. The molecule has 2 aliphatic rings. The first-order chi connectivity index (χ1) is 9.29. The summed E-state index contributed by atoms with van der Waals surface area (Å²) in [4.78, 5) is 14.8. The Labute approximate surface area is 119 Å². The zero-order valence-corrected chi connectivity index (χ0v) is 11.9. The van der Waals surface area contributed by atoms with Crippen molar-refractivity contribution in [1.82, 2.24) is 4.90 Å². The van der Waals surface area contributed by atoms with Crippen molar-refractivity contribution in [2.75, 3.05) is 12.4 Å². The van der Waals surface area contributed by atoms with Gasteiger partial charge in [0.2, 0.25) is 5.91 Å². The minimum Gasteiger partial charge on any atom is -0.338 e. The molecule has 0 aromatic heterocycles. The highest BCUT2D eigenvalue weighted by atomic mass is 35.5. The van der Waals surface area contributed by atoms with E-state index in [0.717, 1.165) is 32.2 Å². The molecule has 1 amide bonds. The molecule has 0 radical (unpaired) electrons. The van der Waals surface area contributed by atoms with E-state index in [1.165, 1.54) is 17.5 Å². The predicted molar refractivity (Wildman–Crippen MR) is 77.4 cm³/mol. The van der Waals surface area contributed by atoms with Crippen molar-refractivity contribution in [3.05, 3.63) is 35.4 Å². The molecule has 0 N–H and O–H groups in total. The van der Waals surface area contributed by atoms with Crippen molar-refractivity contribution in [2.24, 2.45) is 5.92 Å². The Hall–Kier alpha value is -1.02. The minimum absolute atomic E-state index is 0.140. The first-order valence-electron chi connectivity index (χ1n) is 7.23. The molecular formula is C16H20ClNO. The second-order valence-electron chi connectivity index (χ2n) is 5.71. The predicted octanol–water partition coefficient (Wildman–Crippen LogP) is 3.02. The largest absolute Gasteiger partial charge is 0.338 e. The van der Waals surface area contributed by atoms with Gasteiger partial charge >= 0.3 is 0 Å². The fraction of sp³-hybridized carbons (Fsp3) is 0.562. The molecule has 1 aliphatic heterocycles. The fourth-order valence-electron chi connectivity index (χ4n) is 3.42. The van der Waals surface area contributed by atoms with E-state index in [9.17, 15) is 4.79 Å². The lowest BCUT2D eigenvalue weighted by molar-refractivity contribution is -0.138. The van der Waals surface area contributed by atoms with Crippen LogP contribution in [0, 0.1) is 5.92 Å². The molecule has 1 fully saturated rings. The van der Waals surface area contributed by atoms with E-state index in [4.69, 9.17) is 11.6 Å². The number of fused-ring (bicyclic) bond motifs is 1. The van der Waals surface area contributed by atoms with Gasteiger partial charge < -0.3 is 4.90 Å². The molecule has 2 nitrogen and oxygen atoms in total. The Kier molecular flexibility index (Phi) is 3.79. The first-order valence-corrected chi connectivity index (χ1v) is 7.76. The molecule has 1 saturated heterocycles. The molecule has 102 valence electrons. The fourth-order valence-corrected chi connectivity index (χ4v) is 3.74. The quantitative estimate of drug-likeness (QED) is 0.761.